The summed E-state index contributed by atoms with van der Waals surface area (Å²) >= 11 is 0. The van der Waals surface area contributed by atoms with Gasteiger partial charge in [-0.25, -0.2) is 0 Å². The summed E-state index contributed by atoms with van der Waals surface area (Å²) in [6.07, 6.45) is -5.03. The Hall–Kier alpha value is -2.45. The van der Waals surface area contributed by atoms with Gasteiger partial charge >= 0.3 is 6.18 Å². The molecule has 0 amide bonds. The number of aliphatic hydroxyl groups is 1. The van der Waals surface area contributed by atoms with Crippen LogP contribution >= 0.6 is 0 Å². The Labute approximate surface area is 161 Å². The van der Waals surface area contributed by atoms with Crippen LogP contribution in [0, 0.1) is 0 Å². The predicted octanol–water partition coefficient (Wildman–Crippen LogP) is 2.97. The standard InChI is InChI=1S/C20H23F3N2O3/c21-20(22,23)15-2-1-3-16(12-15)25-10-8-24(9-11-25)13-18(27)14-28-19-6-4-17(26)5-7-19/h1-7,12,18,26-27H,8-11,13-14H2/t18-/m1/s1. The zero-order valence-corrected chi connectivity index (χ0v) is 15.3. The minimum atomic E-state index is -4.35. The van der Waals surface area contributed by atoms with Gasteiger partial charge in [0.1, 0.15) is 24.2 Å². The molecule has 0 bridgehead atoms. The van der Waals surface area contributed by atoms with Crippen LogP contribution in [0.3, 0.4) is 0 Å². The van der Waals surface area contributed by atoms with Crippen LogP contribution in [0.2, 0.25) is 0 Å². The van der Waals surface area contributed by atoms with Crippen molar-refractivity contribution in [1.29, 1.82) is 0 Å². The smallest absolute Gasteiger partial charge is 0.416 e. The molecule has 5 nitrogen and oxygen atoms in total. The van der Waals surface area contributed by atoms with Gasteiger partial charge in [0, 0.05) is 38.4 Å². The molecule has 1 aliphatic rings. The number of halogens is 3. The Bertz CT molecular complexity index is 760. The number of anilines is 1. The lowest BCUT2D eigenvalue weighted by molar-refractivity contribution is -0.137. The van der Waals surface area contributed by atoms with Crippen molar-refractivity contribution in [2.45, 2.75) is 12.3 Å². The van der Waals surface area contributed by atoms with Crippen molar-refractivity contribution in [3.05, 3.63) is 54.1 Å². The van der Waals surface area contributed by atoms with Gasteiger partial charge in [-0.3, -0.25) is 4.90 Å². The molecule has 1 aliphatic heterocycles. The molecular formula is C20H23F3N2O3. The molecule has 0 aliphatic carbocycles. The van der Waals surface area contributed by atoms with E-state index in [0.29, 0.717) is 44.2 Å². The number of piperazine rings is 1. The third-order valence-corrected chi connectivity index (χ3v) is 4.66. The summed E-state index contributed by atoms with van der Waals surface area (Å²) in [4.78, 5) is 3.99. The van der Waals surface area contributed by atoms with Crippen molar-refractivity contribution in [2.75, 3.05) is 44.2 Å². The van der Waals surface area contributed by atoms with Gasteiger partial charge in [-0.05, 0) is 42.5 Å². The maximum Gasteiger partial charge on any atom is 0.416 e. The molecule has 0 radical (unpaired) electrons. The van der Waals surface area contributed by atoms with Crippen molar-refractivity contribution >= 4 is 5.69 Å². The summed E-state index contributed by atoms with van der Waals surface area (Å²) in [7, 11) is 0. The van der Waals surface area contributed by atoms with Gasteiger partial charge in [0.2, 0.25) is 0 Å². The fourth-order valence-corrected chi connectivity index (χ4v) is 3.15. The first-order chi connectivity index (χ1) is 13.3. The number of aromatic hydroxyl groups is 1. The molecule has 152 valence electrons. The first-order valence-electron chi connectivity index (χ1n) is 9.06. The monoisotopic (exact) mass is 396 g/mol. The average molecular weight is 396 g/mol. The number of aliphatic hydroxyl groups excluding tert-OH is 1. The van der Waals surface area contributed by atoms with E-state index >= 15 is 0 Å². The van der Waals surface area contributed by atoms with Gasteiger partial charge in [-0.2, -0.15) is 13.2 Å². The highest BCUT2D eigenvalue weighted by Crippen LogP contribution is 2.31. The zero-order valence-electron chi connectivity index (χ0n) is 15.3. The molecular weight excluding hydrogens is 373 g/mol. The molecule has 0 unspecified atom stereocenters. The third kappa shape index (κ3) is 5.53. The highest BCUT2D eigenvalue weighted by molar-refractivity contribution is 5.49. The van der Waals surface area contributed by atoms with Crippen LogP contribution in [0.5, 0.6) is 11.5 Å². The average Bonchev–Trinajstić information content (AvgIpc) is 2.68. The molecule has 2 aromatic carbocycles. The Morgan fingerprint density at radius 1 is 1.00 bits per heavy atom. The van der Waals surface area contributed by atoms with E-state index < -0.39 is 17.8 Å². The molecule has 1 saturated heterocycles. The van der Waals surface area contributed by atoms with Crippen LogP contribution in [0.4, 0.5) is 18.9 Å². The van der Waals surface area contributed by atoms with Gasteiger partial charge in [0.15, 0.2) is 0 Å². The molecule has 1 fully saturated rings. The zero-order chi connectivity index (χ0) is 20.1. The van der Waals surface area contributed by atoms with Crippen LogP contribution < -0.4 is 9.64 Å². The van der Waals surface area contributed by atoms with Crippen LogP contribution in [0.25, 0.3) is 0 Å². The normalized spacial score (nSPS) is 16.8. The molecule has 3 rings (SSSR count). The SMILES string of the molecule is Oc1ccc(OC[C@H](O)CN2CCN(c3cccc(C(F)(F)F)c3)CC2)cc1. The molecule has 1 atom stereocenters. The second kappa shape index (κ2) is 8.70. The summed E-state index contributed by atoms with van der Waals surface area (Å²) in [6.45, 7) is 3.02. The van der Waals surface area contributed by atoms with E-state index in [2.05, 4.69) is 4.90 Å². The van der Waals surface area contributed by atoms with Gasteiger partial charge in [-0.1, -0.05) is 6.07 Å². The lowest BCUT2D eigenvalue weighted by Gasteiger charge is -2.37. The lowest BCUT2D eigenvalue weighted by atomic mass is 10.1. The molecule has 2 aromatic rings. The Kier molecular flexibility index (Phi) is 6.31. The van der Waals surface area contributed by atoms with E-state index in [4.69, 9.17) is 4.74 Å². The van der Waals surface area contributed by atoms with Crippen LogP contribution in [0.15, 0.2) is 48.5 Å². The summed E-state index contributed by atoms with van der Waals surface area (Å²) < 4.78 is 44.1. The van der Waals surface area contributed by atoms with Crippen LogP contribution in [0.1, 0.15) is 5.56 Å². The molecule has 0 saturated carbocycles. The number of hydrogen-bond acceptors (Lipinski definition) is 5. The number of β-amino-alcohol motifs (C(OH)–C–C–N with tert-alkyl or cyclic N) is 1. The minimum Gasteiger partial charge on any atom is -0.508 e. The third-order valence-electron chi connectivity index (χ3n) is 4.66. The van der Waals surface area contributed by atoms with Crippen molar-refractivity contribution in [1.82, 2.24) is 4.90 Å². The number of phenols is 1. The maximum atomic E-state index is 12.9. The Balaban J connectivity index is 1.45. The molecule has 2 N–H and O–H groups in total. The second-order valence-corrected chi connectivity index (χ2v) is 6.79. The van der Waals surface area contributed by atoms with Gasteiger partial charge < -0.3 is 19.8 Å². The van der Waals surface area contributed by atoms with Gasteiger partial charge in [-0.15, -0.1) is 0 Å². The van der Waals surface area contributed by atoms with Crippen molar-refractivity contribution in [2.24, 2.45) is 0 Å². The van der Waals surface area contributed by atoms with E-state index in [1.807, 2.05) is 4.90 Å². The first-order valence-corrected chi connectivity index (χ1v) is 9.06. The molecule has 0 aromatic heterocycles. The minimum absolute atomic E-state index is 0.124. The number of nitrogens with zero attached hydrogens (tertiary/aromatic N) is 2. The number of hydrogen-bond donors (Lipinski definition) is 2. The van der Waals surface area contributed by atoms with Crippen molar-refractivity contribution in [3.63, 3.8) is 0 Å². The highest BCUT2D eigenvalue weighted by Gasteiger charge is 2.31. The van der Waals surface area contributed by atoms with Crippen molar-refractivity contribution < 1.29 is 28.1 Å². The van der Waals surface area contributed by atoms with Crippen molar-refractivity contribution in [3.8, 4) is 11.5 Å². The number of phenolic OH excluding ortho intramolecular Hbond substituents is 1. The lowest BCUT2D eigenvalue weighted by Crippen LogP contribution is -2.49. The van der Waals surface area contributed by atoms with E-state index in [9.17, 15) is 23.4 Å². The largest absolute Gasteiger partial charge is 0.508 e. The topological polar surface area (TPSA) is 56.2 Å². The van der Waals surface area contributed by atoms with Gasteiger partial charge in [0.25, 0.3) is 0 Å². The fraction of sp³-hybridized carbons (Fsp3) is 0.400. The molecule has 28 heavy (non-hydrogen) atoms. The summed E-state index contributed by atoms with van der Waals surface area (Å²) in [5, 5.41) is 19.4. The van der Waals surface area contributed by atoms with E-state index in [1.54, 1.807) is 18.2 Å². The summed E-state index contributed by atoms with van der Waals surface area (Å²) in [6, 6.07) is 11.6. The van der Waals surface area contributed by atoms with E-state index in [0.717, 1.165) is 6.07 Å². The van der Waals surface area contributed by atoms with Crippen LogP contribution in [-0.4, -0.2) is 60.5 Å². The predicted molar refractivity (Wildman–Crippen MR) is 99.7 cm³/mol. The summed E-state index contributed by atoms with van der Waals surface area (Å²) in [5.74, 6) is 0.706. The molecule has 0 spiro atoms. The number of benzene rings is 2. The van der Waals surface area contributed by atoms with E-state index in [1.165, 1.54) is 24.3 Å². The van der Waals surface area contributed by atoms with E-state index in [-0.39, 0.29) is 12.4 Å². The second-order valence-electron chi connectivity index (χ2n) is 6.79. The highest BCUT2D eigenvalue weighted by atomic mass is 19.4. The molecule has 8 heteroatoms. The number of rotatable bonds is 6. The molecule has 1 heterocycles. The van der Waals surface area contributed by atoms with Crippen LogP contribution in [-0.2, 0) is 6.18 Å². The summed E-state index contributed by atoms with van der Waals surface area (Å²) in [5.41, 5.74) is -0.0834. The number of ether oxygens (including phenoxy) is 1. The Morgan fingerprint density at radius 3 is 2.32 bits per heavy atom. The number of alkyl halides is 3. The van der Waals surface area contributed by atoms with Gasteiger partial charge in [0.05, 0.1) is 5.56 Å². The Morgan fingerprint density at radius 2 is 1.68 bits per heavy atom. The maximum absolute atomic E-state index is 12.9. The fourth-order valence-electron chi connectivity index (χ4n) is 3.15. The quantitative estimate of drug-likeness (QED) is 0.786. The first kappa shape index (κ1) is 20.3.